The molecular weight excluding hydrogens is 348 g/mol. The van der Waals surface area contributed by atoms with Crippen molar-refractivity contribution < 1.29 is 0 Å². The van der Waals surface area contributed by atoms with Gasteiger partial charge in [0.1, 0.15) is 11.6 Å². The SMILES string of the molecule is CC(NC1CCCc2sc(Br)cc21)c1nnc2n1CCC2. The zero-order valence-corrected chi connectivity index (χ0v) is 14.5. The van der Waals surface area contributed by atoms with Gasteiger partial charge in [-0.15, -0.1) is 21.5 Å². The molecule has 2 atom stereocenters. The van der Waals surface area contributed by atoms with Crippen molar-refractivity contribution in [3.05, 3.63) is 31.9 Å². The molecule has 112 valence electrons. The third-order valence-corrected chi connectivity index (χ3v) is 6.27. The number of nitrogens with one attached hydrogen (secondary N) is 1. The predicted molar refractivity (Wildman–Crippen MR) is 87.6 cm³/mol. The lowest BCUT2D eigenvalue weighted by atomic mass is 9.93. The summed E-state index contributed by atoms with van der Waals surface area (Å²) in [7, 11) is 0. The molecule has 0 fully saturated rings. The van der Waals surface area contributed by atoms with Crippen LogP contribution in [0.1, 0.15) is 60.4 Å². The molecule has 0 radical (unpaired) electrons. The van der Waals surface area contributed by atoms with E-state index in [0.717, 1.165) is 24.6 Å². The Labute approximate surface area is 137 Å². The predicted octanol–water partition coefficient (Wildman–Crippen LogP) is 3.78. The molecule has 1 N–H and O–H groups in total. The molecule has 2 aromatic rings. The first kappa shape index (κ1) is 13.9. The highest BCUT2D eigenvalue weighted by Crippen LogP contribution is 2.39. The minimum Gasteiger partial charge on any atom is -0.314 e. The topological polar surface area (TPSA) is 42.7 Å². The van der Waals surface area contributed by atoms with E-state index in [1.165, 1.54) is 39.9 Å². The number of rotatable bonds is 3. The van der Waals surface area contributed by atoms with Gasteiger partial charge < -0.3 is 9.88 Å². The minimum absolute atomic E-state index is 0.249. The minimum atomic E-state index is 0.249. The Morgan fingerprint density at radius 2 is 2.29 bits per heavy atom. The van der Waals surface area contributed by atoms with Gasteiger partial charge in [0.15, 0.2) is 0 Å². The van der Waals surface area contributed by atoms with Crippen molar-refractivity contribution in [1.29, 1.82) is 0 Å². The lowest BCUT2D eigenvalue weighted by Gasteiger charge is -2.27. The molecule has 2 aliphatic rings. The van der Waals surface area contributed by atoms with Crippen LogP contribution in [0.25, 0.3) is 0 Å². The van der Waals surface area contributed by atoms with Crippen molar-refractivity contribution in [2.45, 2.75) is 57.7 Å². The quantitative estimate of drug-likeness (QED) is 0.898. The number of hydrogen-bond donors (Lipinski definition) is 1. The van der Waals surface area contributed by atoms with Gasteiger partial charge in [0.2, 0.25) is 0 Å². The van der Waals surface area contributed by atoms with E-state index in [-0.39, 0.29) is 6.04 Å². The third kappa shape index (κ3) is 2.47. The summed E-state index contributed by atoms with van der Waals surface area (Å²) in [6, 6.07) is 2.98. The average Bonchev–Trinajstić information content (AvgIpc) is 3.11. The molecule has 0 amide bonds. The van der Waals surface area contributed by atoms with Crippen LogP contribution >= 0.6 is 27.3 Å². The van der Waals surface area contributed by atoms with Crippen LogP contribution in [0.3, 0.4) is 0 Å². The second-order valence-corrected chi connectivity index (χ2v) is 8.51. The highest BCUT2D eigenvalue weighted by atomic mass is 79.9. The molecule has 6 heteroatoms. The van der Waals surface area contributed by atoms with Crippen molar-refractivity contribution in [3.8, 4) is 0 Å². The molecule has 0 bridgehead atoms. The molecule has 1 aliphatic carbocycles. The summed E-state index contributed by atoms with van der Waals surface area (Å²) in [5.74, 6) is 2.25. The standard InChI is InChI=1S/C15H19BrN4S/c1-9(15-19-18-14-6-3-7-20(14)15)17-11-4-2-5-12-10(11)8-13(16)21-12/h8-9,11,17H,2-7H2,1H3. The van der Waals surface area contributed by atoms with Gasteiger partial charge in [0.25, 0.3) is 0 Å². The maximum absolute atomic E-state index is 4.41. The van der Waals surface area contributed by atoms with Crippen molar-refractivity contribution in [3.63, 3.8) is 0 Å². The van der Waals surface area contributed by atoms with Crippen LogP contribution in [-0.2, 0) is 19.4 Å². The van der Waals surface area contributed by atoms with E-state index in [1.54, 1.807) is 0 Å². The first-order chi connectivity index (χ1) is 10.2. The summed E-state index contributed by atoms with van der Waals surface area (Å²) in [6.45, 7) is 3.29. The lowest BCUT2D eigenvalue weighted by molar-refractivity contribution is 0.400. The Morgan fingerprint density at radius 1 is 1.38 bits per heavy atom. The van der Waals surface area contributed by atoms with Gasteiger partial charge in [-0.25, -0.2) is 0 Å². The summed E-state index contributed by atoms with van der Waals surface area (Å²) in [6.07, 6.45) is 5.97. The van der Waals surface area contributed by atoms with Gasteiger partial charge in [0, 0.05) is 23.9 Å². The van der Waals surface area contributed by atoms with Gasteiger partial charge in [-0.2, -0.15) is 0 Å². The Bertz CT molecular complexity index is 663. The summed E-state index contributed by atoms with van der Waals surface area (Å²) >= 11 is 5.51. The molecule has 0 aromatic carbocycles. The van der Waals surface area contributed by atoms with E-state index in [9.17, 15) is 0 Å². The summed E-state index contributed by atoms with van der Waals surface area (Å²) < 4.78 is 3.54. The zero-order valence-electron chi connectivity index (χ0n) is 12.1. The molecule has 0 saturated heterocycles. The molecule has 0 spiro atoms. The van der Waals surface area contributed by atoms with Crippen LogP contribution in [0.15, 0.2) is 9.85 Å². The Hall–Kier alpha value is -0.720. The highest BCUT2D eigenvalue weighted by Gasteiger charge is 2.27. The number of nitrogens with zero attached hydrogens (tertiary/aromatic N) is 3. The first-order valence-electron chi connectivity index (χ1n) is 7.68. The molecule has 0 saturated carbocycles. The van der Waals surface area contributed by atoms with Gasteiger partial charge in [0.05, 0.1) is 9.83 Å². The number of aryl methyl sites for hydroxylation is 2. The number of thiophene rings is 1. The van der Waals surface area contributed by atoms with Gasteiger partial charge in [-0.3, -0.25) is 0 Å². The van der Waals surface area contributed by atoms with E-state index < -0.39 is 0 Å². The first-order valence-corrected chi connectivity index (χ1v) is 9.29. The van der Waals surface area contributed by atoms with Crippen molar-refractivity contribution in [2.24, 2.45) is 0 Å². The van der Waals surface area contributed by atoms with Gasteiger partial charge >= 0.3 is 0 Å². The second kappa shape index (κ2) is 5.48. The van der Waals surface area contributed by atoms with Crippen LogP contribution < -0.4 is 5.32 Å². The lowest BCUT2D eigenvalue weighted by Crippen LogP contribution is -2.28. The molecule has 2 unspecified atom stereocenters. The van der Waals surface area contributed by atoms with Gasteiger partial charge in [-0.1, -0.05) is 0 Å². The van der Waals surface area contributed by atoms with Crippen LogP contribution in [0, 0.1) is 0 Å². The van der Waals surface area contributed by atoms with Crippen molar-refractivity contribution in [2.75, 3.05) is 0 Å². The van der Waals surface area contributed by atoms with E-state index in [1.807, 2.05) is 11.3 Å². The number of halogens is 1. The monoisotopic (exact) mass is 366 g/mol. The van der Waals surface area contributed by atoms with E-state index in [4.69, 9.17) is 0 Å². The molecule has 4 nitrogen and oxygen atoms in total. The molecule has 21 heavy (non-hydrogen) atoms. The number of fused-ring (bicyclic) bond motifs is 2. The number of aromatic nitrogens is 3. The Morgan fingerprint density at radius 3 is 3.19 bits per heavy atom. The maximum atomic E-state index is 4.41. The smallest absolute Gasteiger partial charge is 0.149 e. The second-order valence-electron chi connectivity index (χ2n) is 5.99. The Balaban J connectivity index is 1.56. The third-order valence-electron chi connectivity index (χ3n) is 4.56. The molecule has 4 rings (SSSR count). The molecule has 3 heterocycles. The van der Waals surface area contributed by atoms with E-state index >= 15 is 0 Å². The number of hydrogen-bond acceptors (Lipinski definition) is 4. The van der Waals surface area contributed by atoms with Crippen LogP contribution in [0.4, 0.5) is 0 Å². The average molecular weight is 367 g/mol. The fraction of sp³-hybridized carbons (Fsp3) is 0.600. The molecule has 1 aliphatic heterocycles. The van der Waals surface area contributed by atoms with E-state index in [0.29, 0.717) is 6.04 Å². The largest absolute Gasteiger partial charge is 0.314 e. The summed E-state index contributed by atoms with van der Waals surface area (Å²) in [5.41, 5.74) is 1.48. The fourth-order valence-electron chi connectivity index (χ4n) is 3.56. The summed E-state index contributed by atoms with van der Waals surface area (Å²) in [5, 5.41) is 12.5. The maximum Gasteiger partial charge on any atom is 0.149 e. The van der Waals surface area contributed by atoms with Crippen molar-refractivity contribution in [1.82, 2.24) is 20.1 Å². The van der Waals surface area contributed by atoms with E-state index in [2.05, 4.69) is 49.0 Å². The van der Waals surface area contributed by atoms with Crippen LogP contribution in [0.2, 0.25) is 0 Å². The molecular formula is C15H19BrN4S. The van der Waals surface area contributed by atoms with Crippen molar-refractivity contribution >= 4 is 27.3 Å². The normalized spacial score (nSPS) is 22.1. The zero-order chi connectivity index (χ0) is 14.4. The fourth-order valence-corrected chi connectivity index (χ4v) is 5.38. The van der Waals surface area contributed by atoms with Crippen LogP contribution in [0.5, 0.6) is 0 Å². The highest BCUT2D eigenvalue weighted by molar-refractivity contribution is 9.11. The van der Waals surface area contributed by atoms with Crippen LogP contribution in [-0.4, -0.2) is 14.8 Å². The Kier molecular flexibility index (Phi) is 3.63. The van der Waals surface area contributed by atoms with Gasteiger partial charge in [-0.05, 0) is 60.2 Å². The molecule has 2 aromatic heterocycles. The summed E-state index contributed by atoms with van der Waals surface area (Å²) in [4.78, 5) is 1.53.